The number of hydrogen-bond acceptors (Lipinski definition) is 5. The van der Waals surface area contributed by atoms with Gasteiger partial charge in [-0.15, -0.1) is 0 Å². The van der Waals surface area contributed by atoms with E-state index in [0.29, 0.717) is 10.9 Å². The summed E-state index contributed by atoms with van der Waals surface area (Å²) < 4.78 is 0. The molecule has 1 unspecified atom stereocenters. The van der Waals surface area contributed by atoms with Gasteiger partial charge in [0, 0.05) is 23.6 Å². The van der Waals surface area contributed by atoms with Gasteiger partial charge in [-0.3, -0.25) is 10.2 Å². The van der Waals surface area contributed by atoms with Gasteiger partial charge in [0.1, 0.15) is 0 Å². The Morgan fingerprint density at radius 2 is 2.47 bits per heavy atom. The monoisotopic (exact) mass is 226 g/mol. The third-order valence-corrected chi connectivity index (χ3v) is 2.95. The Hall–Kier alpha value is -1.14. The zero-order valence-electron chi connectivity index (χ0n) is 8.73. The maximum Gasteiger partial charge on any atom is 0.237 e. The molecule has 0 bridgehead atoms. The van der Waals surface area contributed by atoms with Gasteiger partial charge in [-0.1, -0.05) is 18.7 Å². The highest BCUT2D eigenvalue weighted by atomic mass is 32.2. The number of carbonyl (C=O) groups is 1. The molecule has 3 N–H and O–H groups in total. The minimum atomic E-state index is -0.171. The van der Waals surface area contributed by atoms with Crippen molar-refractivity contribution in [1.29, 1.82) is 0 Å². The van der Waals surface area contributed by atoms with E-state index in [0.717, 1.165) is 5.69 Å². The number of hydrazine groups is 1. The zero-order valence-corrected chi connectivity index (χ0v) is 9.54. The summed E-state index contributed by atoms with van der Waals surface area (Å²) in [5.41, 5.74) is 3.04. The number of rotatable bonds is 4. The van der Waals surface area contributed by atoms with Crippen molar-refractivity contribution in [2.45, 2.75) is 19.0 Å². The Balaban J connectivity index is 2.47. The van der Waals surface area contributed by atoms with Crippen molar-refractivity contribution in [3.63, 3.8) is 0 Å². The number of thioether (sulfide) groups is 1. The molecule has 15 heavy (non-hydrogen) atoms. The topological polar surface area (TPSA) is 80.9 Å². The molecule has 0 fully saturated rings. The van der Waals surface area contributed by atoms with Crippen molar-refractivity contribution < 1.29 is 4.79 Å². The van der Waals surface area contributed by atoms with E-state index in [9.17, 15) is 4.79 Å². The first kappa shape index (κ1) is 11.9. The minimum absolute atomic E-state index is 0.149. The standard InChI is InChI=1S/C9H14N4OS/c1-6(8(14)13-10)5-15-9-11-4-3-7(2)12-9/h3-4,6H,5,10H2,1-2H3,(H,13,14). The lowest BCUT2D eigenvalue weighted by Gasteiger charge is -2.07. The van der Waals surface area contributed by atoms with Crippen LogP contribution in [0.5, 0.6) is 0 Å². The lowest BCUT2D eigenvalue weighted by atomic mass is 10.2. The second-order valence-electron chi connectivity index (χ2n) is 3.20. The van der Waals surface area contributed by atoms with Gasteiger partial charge in [0.2, 0.25) is 5.91 Å². The molecule has 6 heteroatoms. The third-order valence-electron chi connectivity index (χ3n) is 1.82. The van der Waals surface area contributed by atoms with Gasteiger partial charge in [-0.2, -0.15) is 0 Å². The molecular formula is C9H14N4OS. The Labute approximate surface area is 92.8 Å². The Morgan fingerprint density at radius 1 is 1.73 bits per heavy atom. The van der Waals surface area contributed by atoms with E-state index < -0.39 is 0 Å². The fourth-order valence-electron chi connectivity index (χ4n) is 0.913. The highest BCUT2D eigenvalue weighted by molar-refractivity contribution is 7.99. The molecule has 1 atom stereocenters. The summed E-state index contributed by atoms with van der Waals surface area (Å²) in [6.07, 6.45) is 1.71. The summed E-state index contributed by atoms with van der Waals surface area (Å²) in [5.74, 6) is 5.32. The maximum absolute atomic E-state index is 11.1. The van der Waals surface area contributed by atoms with Crippen molar-refractivity contribution in [2.75, 3.05) is 5.75 Å². The fraction of sp³-hybridized carbons (Fsp3) is 0.444. The number of aryl methyl sites for hydroxylation is 1. The average Bonchev–Trinajstić information content (AvgIpc) is 2.25. The first-order valence-electron chi connectivity index (χ1n) is 4.56. The van der Waals surface area contributed by atoms with E-state index in [4.69, 9.17) is 5.84 Å². The molecule has 0 radical (unpaired) electrons. The molecule has 5 nitrogen and oxygen atoms in total. The molecule has 1 rings (SSSR count). The second kappa shape index (κ2) is 5.67. The van der Waals surface area contributed by atoms with Crippen LogP contribution in [0.1, 0.15) is 12.6 Å². The summed E-state index contributed by atoms with van der Waals surface area (Å²) in [6.45, 7) is 3.72. The van der Waals surface area contributed by atoms with Gasteiger partial charge >= 0.3 is 0 Å². The molecule has 1 aromatic rings. The number of nitrogens with one attached hydrogen (secondary N) is 1. The summed E-state index contributed by atoms with van der Waals surface area (Å²) in [7, 11) is 0. The summed E-state index contributed by atoms with van der Waals surface area (Å²) in [6, 6.07) is 1.83. The lowest BCUT2D eigenvalue weighted by molar-refractivity contribution is -0.123. The number of hydrogen-bond donors (Lipinski definition) is 2. The SMILES string of the molecule is Cc1ccnc(SCC(C)C(=O)NN)n1. The lowest BCUT2D eigenvalue weighted by Crippen LogP contribution is -2.35. The summed E-state index contributed by atoms with van der Waals surface area (Å²) >= 11 is 1.45. The van der Waals surface area contributed by atoms with Gasteiger partial charge in [-0.05, 0) is 13.0 Å². The van der Waals surface area contributed by atoms with E-state index in [1.165, 1.54) is 11.8 Å². The molecule has 1 aromatic heterocycles. The number of aromatic nitrogens is 2. The normalized spacial score (nSPS) is 12.2. The molecule has 0 saturated heterocycles. The van der Waals surface area contributed by atoms with Crippen molar-refractivity contribution in [3.8, 4) is 0 Å². The smallest absolute Gasteiger partial charge is 0.237 e. The molecule has 1 amide bonds. The van der Waals surface area contributed by atoms with Gasteiger partial charge < -0.3 is 0 Å². The highest BCUT2D eigenvalue weighted by Gasteiger charge is 2.12. The van der Waals surface area contributed by atoms with E-state index in [1.54, 1.807) is 6.20 Å². The van der Waals surface area contributed by atoms with E-state index >= 15 is 0 Å². The number of nitrogens with two attached hydrogens (primary N) is 1. The van der Waals surface area contributed by atoms with Crippen LogP contribution >= 0.6 is 11.8 Å². The summed E-state index contributed by atoms with van der Waals surface area (Å²) in [5, 5.41) is 0.687. The molecule has 0 aliphatic carbocycles. The number of amides is 1. The van der Waals surface area contributed by atoms with Crippen LogP contribution in [-0.2, 0) is 4.79 Å². The van der Waals surface area contributed by atoms with E-state index in [-0.39, 0.29) is 11.8 Å². The van der Waals surface area contributed by atoms with E-state index in [2.05, 4.69) is 15.4 Å². The maximum atomic E-state index is 11.1. The molecule has 0 aromatic carbocycles. The number of carbonyl (C=O) groups excluding carboxylic acids is 1. The molecule has 0 spiro atoms. The van der Waals surface area contributed by atoms with Crippen LogP contribution in [0.3, 0.4) is 0 Å². The first-order valence-corrected chi connectivity index (χ1v) is 5.55. The van der Waals surface area contributed by atoms with Crippen molar-refractivity contribution in [2.24, 2.45) is 11.8 Å². The highest BCUT2D eigenvalue weighted by Crippen LogP contribution is 2.16. The molecular weight excluding hydrogens is 212 g/mol. The first-order chi connectivity index (χ1) is 7.13. The van der Waals surface area contributed by atoms with Crippen LogP contribution in [0.25, 0.3) is 0 Å². The molecule has 1 heterocycles. The van der Waals surface area contributed by atoms with Crippen LogP contribution in [-0.4, -0.2) is 21.6 Å². The fourth-order valence-corrected chi connectivity index (χ4v) is 1.81. The van der Waals surface area contributed by atoms with Gasteiger partial charge in [0.25, 0.3) is 0 Å². The minimum Gasteiger partial charge on any atom is -0.294 e. The van der Waals surface area contributed by atoms with Gasteiger partial charge in [-0.25, -0.2) is 15.8 Å². The van der Waals surface area contributed by atoms with Crippen LogP contribution in [0, 0.1) is 12.8 Å². The molecule has 82 valence electrons. The van der Waals surface area contributed by atoms with Crippen LogP contribution in [0.4, 0.5) is 0 Å². The predicted octanol–water partition coefficient (Wildman–Crippen LogP) is 0.503. The molecule has 0 saturated carbocycles. The Kier molecular flexibility index (Phi) is 4.51. The van der Waals surface area contributed by atoms with Crippen LogP contribution < -0.4 is 11.3 Å². The van der Waals surface area contributed by atoms with Gasteiger partial charge in [0.15, 0.2) is 5.16 Å². The van der Waals surface area contributed by atoms with Crippen molar-refractivity contribution in [1.82, 2.24) is 15.4 Å². The Morgan fingerprint density at radius 3 is 3.07 bits per heavy atom. The molecule has 0 aliphatic rings. The quantitative estimate of drug-likeness (QED) is 0.257. The third kappa shape index (κ3) is 3.85. The summed E-state index contributed by atoms with van der Waals surface area (Å²) in [4.78, 5) is 19.4. The second-order valence-corrected chi connectivity index (χ2v) is 4.19. The number of nitrogens with zero attached hydrogens (tertiary/aromatic N) is 2. The van der Waals surface area contributed by atoms with Crippen molar-refractivity contribution >= 4 is 17.7 Å². The van der Waals surface area contributed by atoms with Crippen LogP contribution in [0.15, 0.2) is 17.4 Å². The largest absolute Gasteiger partial charge is 0.294 e. The van der Waals surface area contributed by atoms with E-state index in [1.807, 2.05) is 19.9 Å². The van der Waals surface area contributed by atoms with Crippen LogP contribution in [0.2, 0.25) is 0 Å². The van der Waals surface area contributed by atoms with Gasteiger partial charge in [0.05, 0.1) is 0 Å². The molecule has 0 aliphatic heterocycles. The van der Waals surface area contributed by atoms with Crippen molar-refractivity contribution in [3.05, 3.63) is 18.0 Å². The average molecular weight is 226 g/mol. The zero-order chi connectivity index (χ0) is 11.3. The Bertz CT molecular complexity index is 345. The predicted molar refractivity (Wildman–Crippen MR) is 59.0 cm³/mol.